The fourth-order valence-electron chi connectivity index (χ4n) is 2.28. The Bertz CT molecular complexity index is 389. The third kappa shape index (κ3) is 2.18. The van der Waals surface area contributed by atoms with E-state index in [0.29, 0.717) is 6.04 Å². The summed E-state index contributed by atoms with van der Waals surface area (Å²) in [6, 6.07) is 4.90. The van der Waals surface area contributed by atoms with E-state index in [9.17, 15) is 0 Å². The molecule has 80 valence electrons. The molecule has 0 radical (unpaired) electrons. The van der Waals surface area contributed by atoms with Gasteiger partial charge in [-0.2, -0.15) is 0 Å². The van der Waals surface area contributed by atoms with Crippen LogP contribution in [0.1, 0.15) is 28.3 Å². The zero-order chi connectivity index (χ0) is 11.0. The van der Waals surface area contributed by atoms with E-state index in [1.165, 1.54) is 22.3 Å². The minimum atomic E-state index is 0.406. The molecular weight excluding hydrogens is 222 g/mol. The van der Waals surface area contributed by atoms with Gasteiger partial charge in [0.15, 0.2) is 0 Å². The molecule has 1 atom stereocenters. The first kappa shape index (κ1) is 11.0. The first-order chi connectivity index (χ1) is 7.08. The molecule has 0 spiro atoms. The van der Waals surface area contributed by atoms with Crippen LogP contribution < -0.4 is 5.32 Å². The summed E-state index contributed by atoms with van der Waals surface area (Å²) in [5.41, 5.74) is 5.50. The maximum absolute atomic E-state index is 5.16. The lowest BCUT2D eigenvalue weighted by Gasteiger charge is -2.17. The lowest BCUT2D eigenvalue weighted by atomic mass is 9.95. The number of hydrogen-bond donors (Lipinski definition) is 1. The molecule has 1 fully saturated rings. The average molecular weight is 237 g/mol. The predicted octanol–water partition coefficient (Wildman–Crippen LogP) is 3.27. The van der Waals surface area contributed by atoms with Gasteiger partial charge in [-0.05, 0) is 37.5 Å². The van der Waals surface area contributed by atoms with Crippen molar-refractivity contribution in [1.29, 1.82) is 0 Å². The maximum atomic E-state index is 5.16. The van der Waals surface area contributed by atoms with Crippen molar-refractivity contribution in [2.24, 2.45) is 0 Å². The first-order valence-corrected chi connectivity index (χ1v) is 6.48. The molecule has 1 aromatic carbocycles. The molecule has 0 unspecified atom stereocenters. The van der Waals surface area contributed by atoms with Crippen LogP contribution in [0.25, 0.3) is 0 Å². The fraction of sp³-hybridized carbons (Fsp3) is 0.417. The summed E-state index contributed by atoms with van der Waals surface area (Å²) in [6.45, 7) is 6.51. The van der Waals surface area contributed by atoms with Gasteiger partial charge in [-0.25, -0.2) is 0 Å². The van der Waals surface area contributed by atoms with Crippen molar-refractivity contribution >= 4 is 28.3 Å². The summed E-state index contributed by atoms with van der Waals surface area (Å²) in [5.74, 6) is 1.06. The zero-order valence-corrected chi connectivity index (χ0v) is 10.9. The van der Waals surface area contributed by atoms with Gasteiger partial charge >= 0.3 is 0 Å². The molecule has 0 amide bonds. The summed E-state index contributed by atoms with van der Waals surface area (Å²) in [5, 5.41) is 3.37. The standard InChI is InChI=1S/C12H15NS2/c1-7-4-8(2)11(9(3)5-7)10-6-15-12(14)13-10/h4-5,10H,6H2,1-3H3,(H,13,14)/t10-/m1/s1. The van der Waals surface area contributed by atoms with Gasteiger partial charge in [0.05, 0.1) is 6.04 Å². The van der Waals surface area contributed by atoms with Gasteiger partial charge in [0, 0.05) is 5.75 Å². The summed E-state index contributed by atoms with van der Waals surface area (Å²) in [6.07, 6.45) is 0. The van der Waals surface area contributed by atoms with Crippen LogP contribution in [0.2, 0.25) is 0 Å². The highest BCUT2D eigenvalue weighted by molar-refractivity contribution is 8.23. The number of aryl methyl sites for hydroxylation is 3. The first-order valence-electron chi connectivity index (χ1n) is 5.09. The minimum absolute atomic E-state index is 0.406. The fourth-order valence-corrected chi connectivity index (χ4v) is 3.42. The molecule has 15 heavy (non-hydrogen) atoms. The molecule has 1 nitrogen and oxygen atoms in total. The number of rotatable bonds is 1. The van der Waals surface area contributed by atoms with Crippen LogP contribution in [0.5, 0.6) is 0 Å². The lowest BCUT2D eigenvalue weighted by molar-refractivity contribution is 0.744. The van der Waals surface area contributed by atoms with Gasteiger partial charge in [-0.3, -0.25) is 0 Å². The summed E-state index contributed by atoms with van der Waals surface area (Å²) in [7, 11) is 0. The Morgan fingerprint density at radius 3 is 2.33 bits per heavy atom. The molecule has 0 aromatic heterocycles. The van der Waals surface area contributed by atoms with Gasteiger partial charge in [0.25, 0.3) is 0 Å². The molecule has 1 aromatic rings. The van der Waals surface area contributed by atoms with Crippen molar-refractivity contribution in [2.75, 3.05) is 5.75 Å². The van der Waals surface area contributed by atoms with Crippen molar-refractivity contribution in [3.8, 4) is 0 Å². The van der Waals surface area contributed by atoms with E-state index < -0.39 is 0 Å². The molecule has 0 bridgehead atoms. The van der Waals surface area contributed by atoms with Crippen molar-refractivity contribution in [2.45, 2.75) is 26.8 Å². The van der Waals surface area contributed by atoms with Crippen LogP contribution in [0.4, 0.5) is 0 Å². The van der Waals surface area contributed by atoms with Crippen LogP contribution >= 0.6 is 24.0 Å². The Kier molecular flexibility index (Phi) is 3.03. The molecule has 3 heteroatoms. The van der Waals surface area contributed by atoms with Crippen LogP contribution in [0, 0.1) is 20.8 Å². The number of hydrogen-bond acceptors (Lipinski definition) is 2. The van der Waals surface area contributed by atoms with E-state index in [1.54, 1.807) is 11.8 Å². The van der Waals surface area contributed by atoms with Crippen LogP contribution in [-0.4, -0.2) is 10.1 Å². The number of benzene rings is 1. The molecule has 0 aliphatic carbocycles. The Labute approximate surface area is 101 Å². The largest absolute Gasteiger partial charge is 0.363 e. The van der Waals surface area contributed by atoms with Crippen LogP contribution in [0.3, 0.4) is 0 Å². The molecule has 1 aliphatic rings. The Morgan fingerprint density at radius 2 is 1.87 bits per heavy atom. The molecule has 0 saturated carbocycles. The SMILES string of the molecule is Cc1cc(C)c([C@H]2CSC(=S)N2)c(C)c1. The van der Waals surface area contributed by atoms with Gasteiger partial charge < -0.3 is 5.32 Å². The zero-order valence-electron chi connectivity index (χ0n) is 9.26. The second kappa shape index (κ2) is 4.14. The number of thiocarbonyl (C=S) groups is 1. The van der Waals surface area contributed by atoms with Crippen molar-refractivity contribution in [3.05, 3.63) is 34.4 Å². The summed E-state index contributed by atoms with van der Waals surface area (Å²) < 4.78 is 0.930. The van der Waals surface area contributed by atoms with Gasteiger partial charge in [0.1, 0.15) is 4.32 Å². The highest BCUT2D eigenvalue weighted by Gasteiger charge is 2.23. The lowest BCUT2D eigenvalue weighted by Crippen LogP contribution is -2.19. The smallest absolute Gasteiger partial charge is 0.134 e. The van der Waals surface area contributed by atoms with Crippen molar-refractivity contribution in [3.63, 3.8) is 0 Å². The number of nitrogens with one attached hydrogen (secondary N) is 1. The monoisotopic (exact) mass is 237 g/mol. The highest BCUT2D eigenvalue weighted by Crippen LogP contribution is 2.30. The topological polar surface area (TPSA) is 12.0 Å². The highest BCUT2D eigenvalue weighted by atomic mass is 32.2. The second-order valence-electron chi connectivity index (χ2n) is 4.11. The van der Waals surface area contributed by atoms with Crippen LogP contribution in [-0.2, 0) is 0 Å². The van der Waals surface area contributed by atoms with Gasteiger partial charge in [-0.1, -0.05) is 41.7 Å². The number of thioether (sulfide) groups is 1. The maximum Gasteiger partial charge on any atom is 0.134 e. The third-order valence-corrected chi connectivity index (χ3v) is 4.11. The average Bonchev–Trinajstić information content (AvgIpc) is 2.49. The van der Waals surface area contributed by atoms with Gasteiger partial charge in [-0.15, -0.1) is 0 Å². The Morgan fingerprint density at radius 1 is 1.27 bits per heavy atom. The molecule has 1 N–H and O–H groups in total. The third-order valence-electron chi connectivity index (χ3n) is 2.76. The summed E-state index contributed by atoms with van der Waals surface area (Å²) >= 11 is 6.90. The van der Waals surface area contributed by atoms with Crippen LogP contribution in [0.15, 0.2) is 12.1 Å². The normalized spacial score (nSPS) is 20.5. The van der Waals surface area contributed by atoms with E-state index in [0.717, 1.165) is 10.1 Å². The van der Waals surface area contributed by atoms with E-state index in [-0.39, 0.29) is 0 Å². The van der Waals surface area contributed by atoms with E-state index >= 15 is 0 Å². The van der Waals surface area contributed by atoms with Gasteiger partial charge in [0.2, 0.25) is 0 Å². The Hall–Kier alpha value is -0.540. The molecule has 1 heterocycles. The molecular formula is C12H15NS2. The van der Waals surface area contributed by atoms with E-state index in [1.807, 2.05) is 0 Å². The Balaban J connectivity index is 2.39. The van der Waals surface area contributed by atoms with Crippen molar-refractivity contribution in [1.82, 2.24) is 5.32 Å². The van der Waals surface area contributed by atoms with Crippen molar-refractivity contribution < 1.29 is 0 Å². The van der Waals surface area contributed by atoms with E-state index in [4.69, 9.17) is 12.2 Å². The summed E-state index contributed by atoms with van der Waals surface area (Å²) in [4.78, 5) is 0. The molecule has 1 saturated heterocycles. The quantitative estimate of drug-likeness (QED) is 0.753. The predicted molar refractivity (Wildman–Crippen MR) is 71.6 cm³/mol. The molecule has 1 aliphatic heterocycles. The van der Waals surface area contributed by atoms with E-state index in [2.05, 4.69) is 38.2 Å². The molecule has 2 rings (SSSR count). The second-order valence-corrected chi connectivity index (χ2v) is 5.80. The minimum Gasteiger partial charge on any atom is -0.363 e.